The predicted molar refractivity (Wildman–Crippen MR) is 183 cm³/mol. The molecule has 6 heteroatoms. The molecule has 0 spiro atoms. The Morgan fingerprint density at radius 1 is 0.932 bits per heavy atom. The smallest absolute Gasteiger partial charge is 0.162 e. The number of carbonyl (C=O) groups is 1. The molecule has 235 valence electrons. The number of allylic oxidation sites excluding steroid dienone is 2. The number of aliphatic hydroxyl groups excluding tert-OH is 1. The number of rotatable bonds is 9. The fourth-order valence-electron chi connectivity index (χ4n) is 5.57. The molecule has 0 fully saturated rings. The molecule has 4 nitrogen and oxygen atoms in total. The zero-order valence-corrected chi connectivity index (χ0v) is 31.1. The third-order valence-electron chi connectivity index (χ3n) is 8.05. The Hall–Kier alpha value is -2.62. The van der Waals surface area contributed by atoms with Crippen LogP contribution in [0.2, 0.25) is 0 Å². The zero-order chi connectivity index (χ0) is 31.1. The molecule has 0 aliphatic rings. The van der Waals surface area contributed by atoms with E-state index in [1.807, 2.05) is 27.7 Å². The summed E-state index contributed by atoms with van der Waals surface area (Å²) < 4.78 is 2.70. The van der Waals surface area contributed by atoms with Gasteiger partial charge in [0.1, 0.15) is 0 Å². The first-order valence-corrected chi connectivity index (χ1v) is 17.3. The van der Waals surface area contributed by atoms with Crippen LogP contribution in [0.15, 0.2) is 72.8 Å². The van der Waals surface area contributed by atoms with Crippen molar-refractivity contribution >= 4 is 50.5 Å². The van der Waals surface area contributed by atoms with Crippen LogP contribution in [0, 0.1) is 23.3 Å². The topological polar surface area (TPSA) is 63.1 Å². The van der Waals surface area contributed by atoms with Crippen LogP contribution in [0.5, 0.6) is 0 Å². The van der Waals surface area contributed by atoms with Gasteiger partial charge in [-0.25, -0.2) is 0 Å². The minimum absolute atomic E-state index is 0. The normalized spacial score (nSPS) is 12.1. The molecular formula is C38H45IrN2O2Se-. The maximum atomic E-state index is 11.7. The van der Waals surface area contributed by atoms with Gasteiger partial charge in [-0.1, -0.05) is 27.7 Å². The summed E-state index contributed by atoms with van der Waals surface area (Å²) in [5.41, 5.74) is 4.89. The van der Waals surface area contributed by atoms with E-state index in [1.54, 1.807) is 6.33 Å². The Bertz CT molecular complexity index is 1730. The van der Waals surface area contributed by atoms with E-state index < -0.39 is 0 Å². The number of ketones is 1. The summed E-state index contributed by atoms with van der Waals surface area (Å²) in [5.74, 6) is 0.547. The van der Waals surface area contributed by atoms with Gasteiger partial charge in [-0.3, -0.25) is 4.79 Å². The quantitative estimate of drug-likeness (QED) is 0.0696. The number of nitrogens with zero attached hydrogens (tertiary/aromatic N) is 2. The van der Waals surface area contributed by atoms with Crippen molar-refractivity contribution in [2.45, 2.75) is 80.6 Å². The fraction of sp³-hybridized carbons (Fsp3) is 0.395. The minimum Gasteiger partial charge on any atom is -0.512 e. The van der Waals surface area contributed by atoms with Gasteiger partial charge in [0.25, 0.3) is 0 Å². The second kappa shape index (κ2) is 16.1. The number of aliphatic hydroxyl groups is 1. The Morgan fingerprint density at radius 2 is 1.61 bits per heavy atom. The average molecular weight is 833 g/mol. The van der Waals surface area contributed by atoms with Gasteiger partial charge < -0.3 is 5.11 Å². The Morgan fingerprint density at radius 3 is 2.27 bits per heavy atom. The Balaban J connectivity index is 0.000000286. The molecule has 0 saturated carbocycles. The molecular weight excluding hydrogens is 788 g/mol. The van der Waals surface area contributed by atoms with E-state index >= 15 is 0 Å². The monoisotopic (exact) mass is 834 g/mol. The van der Waals surface area contributed by atoms with Crippen LogP contribution in [0.3, 0.4) is 0 Å². The number of benzene rings is 3. The number of fused-ring (bicyclic) bond motifs is 4. The van der Waals surface area contributed by atoms with Crippen LogP contribution >= 0.6 is 0 Å². The summed E-state index contributed by atoms with van der Waals surface area (Å²) in [6, 6.07) is 23.1. The summed E-state index contributed by atoms with van der Waals surface area (Å²) in [4.78, 5) is 21.0. The first-order chi connectivity index (χ1) is 20.6. The van der Waals surface area contributed by atoms with E-state index in [1.165, 1.54) is 30.9 Å². The van der Waals surface area contributed by atoms with Gasteiger partial charge in [0, 0.05) is 38.0 Å². The molecule has 5 aromatic rings. The van der Waals surface area contributed by atoms with Crippen molar-refractivity contribution in [1.82, 2.24) is 9.97 Å². The average Bonchev–Trinajstić information content (AvgIpc) is 3.35. The standard InChI is InChI=1S/C25H21N2Se.C13H24O2.Ir/c1-25(2,3)14-16-8-11-20-21(12-16)28-24-22(26-15-27-23(20)24)19-10-9-17-6-4-5-7-18(17)13-19;1-5-10(6-2)12(14)9-13(15)11(7-3)8-4;/h4-12,15H,14H2,1-3H3;9-11,14H,5-8H2,1-4H3;/q-1;;/b;12-9-;. The number of hydrogen-bond donors (Lipinski definition) is 1. The van der Waals surface area contributed by atoms with Crippen LogP contribution in [0.4, 0.5) is 0 Å². The van der Waals surface area contributed by atoms with E-state index in [4.69, 9.17) is 0 Å². The van der Waals surface area contributed by atoms with Crippen molar-refractivity contribution in [1.29, 1.82) is 0 Å². The van der Waals surface area contributed by atoms with E-state index in [9.17, 15) is 9.90 Å². The summed E-state index contributed by atoms with van der Waals surface area (Å²) in [6.45, 7) is 14.9. The second-order valence-corrected chi connectivity index (χ2v) is 14.7. The first kappa shape index (κ1) is 35.9. The molecule has 2 aromatic heterocycles. The summed E-state index contributed by atoms with van der Waals surface area (Å²) in [7, 11) is 0. The van der Waals surface area contributed by atoms with E-state index in [0.29, 0.717) is 0 Å². The maximum absolute atomic E-state index is 11.7. The van der Waals surface area contributed by atoms with Crippen LogP contribution in [0.1, 0.15) is 79.7 Å². The van der Waals surface area contributed by atoms with Crippen molar-refractivity contribution in [3.8, 4) is 11.3 Å². The van der Waals surface area contributed by atoms with Gasteiger partial charge in [0.05, 0.1) is 5.76 Å². The molecule has 1 N–H and O–H groups in total. The maximum Gasteiger partial charge on any atom is 0.162 e. The molecule has 44 heavy (non-hydrogen) atoms. The number of hydrogen-bond acceptors (Lipinski definition) is 4. The van der Waals surface area contributed by atoms with Crippen LogP contribution in [0.25, 0.3) is 41.5 Å². The van der Waals surface area contributed by atoms with Crippen molar-refractivity contribution < 1.29 is 30.0 Å². The first-order valence-electron chi connectivity index (χ1n) is 15.6. The van der Waals surface area contributed by atoms with E-state index in [-0.39, 0.29) is 63.4 Å². The largest absolute Gasteiger partial charge is 0.512 e. The predicted octanol–water partition coefficient (Wildman–Crippen LogP) is 9.92. The van der Waals surface area contributed by atoms with Gasteiger partial charge in [0.15, 0.2) is 5.78 Å². The third kappa shape index (κ3) is 8.76. The number of carbonyl (C=O) groups excluding carboxylic acids is 1. The molecule has 5 rings (SSSR count). The summed E-state index contributed by atoms with van der Waals surface area (Å²) in [6.07, 6.45) is 7.69. The van der Waals surface area contributed by atoms with Gasteiger partial charge in [-0.05, 0) is 25.7 Å². The molecule has 0 aliphatic heterocycles. The molecule has 0 atom stereocenters. The van der Waals surface area contributed by atoms with E-state index in [2.05, 4.69) is 91.4 Å². The van der Waals surface area contributed by atoms with Crippen LogP contribution in [-0.4, -0.2) is 35.4 Å². The van der Waals surface area contributed by atoms with E-state index in [0.717, 1.165) is 54.3 Å². The third-order valence-corrected chi connectivity index (χ3v) is 10.5. The second-order valence-electron chi connectivity index (χ2n) is 12.5. The summed E-state index contributed by atoms with van der Waals surface area (Å²) in [5, 5.41) is 13.4. The molecule has 0 amide bonds. The van der Waals surface area contributed by atoms with Gasteiger partial charge >= 0.3 is 171 Å². The molecule has 1 radical (unpaired) electrons. The zero-order valence-electron chi connectivity index (χ0n) is 27.0. The Kier molecular flexibility index (Phi) is 13.1. The van der Waals surface area contributed by atoms with Crippen molar-refractivity contribution in [3.05, 3.63) is 84.4 Å². The molecule has 0 bridgehead atoms. The van der Waals surface area contributed by atoms with Crippen molar-refractivity contribution in [2.24, 2.45) is 17.3 Å². The molecule has 3 aromatic carbocycles. The number of aromatic nitrogens is 2. The fourth-order valence-corrected chi connectivity index (χ4v) is 8.13. The van der Waals surface area contributed by atoms with Crippen molar-refractivity contribution in [3.63, 3.8) is 0 Å². The van der Waals surface area contributed by atoms with Crippen molar-refractivity contribution in [2.75, 3.05) is 0 Å². The van der Waals surface area contributed by atoms with Gasteiger partial charge in [-0.15, -0.1) is 0 Å². The minimum atomic E-state index is 0. The summed E-state index contributed by atoms with van der Waals surface area (Å²) >= 11 is 0.217. The van der Waals surface area contributed by atoms with Gasteiger partial charge in [-0.2, -0.15) is 0 Å². The molecule has 0 aliphatic carbocycles. The van der Waals surface area contributed by atoms with Gasteiger partial charge in [0.2, 0.25) is 0 Å². The molecule has 0 unspecified atom stereocenters. The SMILES string of the molecule is CC(C)(C)Cc1ccc2c(c1)[se]c1c(-c3[c-]c4ccccc4cc3)ncnc12.CCC(CC)C(=O)/C=C(\O)C(CC)CC.[Ir]. The molecule has 2 heterocycles. The van der Waals surface area contributed by atoms with Crippen LogP contribution < -0.4 is 0 Å². The Labute approximate surface area is 282 Å². The van der Waals surface area contributed by atoms with Crippen LogP contribution in [-0.2, 0) is 31.3 Å². The molecule has 0 saturated heterocycles.